The Morgan fingerprint density at radius 2 is 1.85 bits per heavy atom. The lowest BCUT2D eigenvalue weighted by Crippen LogP contribution is -2.40. The smallest absolute Gasteiger partial charge is 0.338 e. The second-order valence-electron chi connectivity index (χ2n) is 8.83. The number of benzene rings is 3. The van der Waals surface area contributed by atoms with Gasteiger partial charge in [-0.05, 0) is 55.3 Å². The average Bonchev–Trinajstić information content (AvgIpc) is 3.28. The molecule has 0 N–H and O–H groups in total. The minimum Gasteiger partial charge on any atom is -0.497 e. The Bertz CT molecular complexity index is 1780. The van der Waals surface area contributed by atoms with Crippen LogP contribution in [0.5, 0.6) is 11.5 Å². The minimum atomic E-state index is -0.785. The number of hydrogen-bond donors (Lipinski definition) is 0. The van der Waals surface area contributed by atoms with Crippen molar-refractivity contribution in [1.82, 2.24) is 4.57 Å². The van der Waals surface area contributed by atoms with Crippen molar-refractivity contribution in [3.63, 3.8) is 0 Å². The van der Waals surface area contributed by atoms with Gasteiger partial charge in [0.05, 0.1) is 47.2 Å². The van der Waals surface area contributed by atoms with Crippen LogP contribution < -0.4 is 24.4 Å². The van der Waals surface area contributed by atoms with E-state index >= 15 is 0 Å². The van der Waals surface area contributed by atoms with Gasteiger partial charge < -0.3 is 14.2 Å². The van der Waals surface area contributed by atoms with E-state index in [1.54, 1.807) is 36.8 Å². The molecule has 1 aliphatic rings. The largest absolute Gasteiger partial charge is 0.497 e. The lowest BCUT2D eigenvalue weighted by Gasteiger charge is -2.26. The van der Waals surface area contributed by atoms with Crippen LogP contribution >= 0.6 is 22.9 Å². The maximum atomic E-state index is 14.0. The van der Waals surface area contributed by atoms with Gasteiger partial charge in [-0.25, -0.2) is 9.79 Å². The zero-order chi connectivity index (χ0) is 28.2. The molecule has 1 aliphatic heterocycles. The molecule has 0 radical (unpaired) electrons. The molecule has 0 spiro atoms. The number of rotatable bonds is 8. The summed E-state index contributed by atoms with van der Waals surface area (Å²) in [6.07, 6.45) is 1.77. The van der Waals surface area contributed by atoms with Gasteiger partial charge in [0.2, 0.25) is 0 Å². The molecule has 2 heterocycles. The highest BCUT2D eigenvalue weighted by molar-refractivity contribution is 7.07. The number of carbonyl (C=O) groups excluding carboxylic acids is 1. The number of thiazole rings is 1. The van der Waals surface area contributed by atoms with E-state index in [-0.39, 0.29) is 17.7 Å². The van der Waals surface area contributed by atoms with Crippen LogP contribution in [0.1, 0.15) is 36.6 Å². The van der Waals surface area contributed by atoms with Gasteiger partial charge >= 0.3 is 5.97 Å². The maximum absolute atomic E-state index is 14.0. The first-order chi connectivity index (χ1) is 19.4. The Labute approximate surface area is 240 Å². The lowest BCUT2D eigenvalue weighted by atomic mass is 9.93. The normalized spacial score (nSPS) is 14.9. The molecule has 4 aromatic rings. The fourth-order valence-electron chi connectivity index (χ4n) is 4.60. The van der Waals surface area contributed by atoms with Crippen LogP contribution in [0.15, 0.2) is 88.2 Å². The number of carbonyl (C=O) groups is 1. The Morgan fingerprint density at radius 3 is 2.55 bits per heavy atom. The van der Waals surface area contributed by atoms with Gasteiger partial charge in [-0.2, -0.15) is 0 Å². The van der Waals surface area contributed by atoms with E-state index in [2.05, 4.69) is 0 Å². The molecular weight excluding hydrogens is 548 g/mol. The van der Waals surface area contributed by atoms with Crippen LogP contribution in [0.3, 0.4) is 0 Å². The molecule has 9 heteroatoms. The number of nitrogens with zero attached hydrogens (tertiary/aromatic N) is 2. The summed E-state index contributed by atoms with van der Waals surface area (Å²) in [5.74, 6) is 0.642. The van der Waals surface area contributed by atoms with Crippen LogP contribution in [-0.4, -0.2) is 30.9 Å². The van der Waals surface area contributed by atoms with Gasteiger partial charge in [-0.15, -0.1) is 0 Å². The minimum absolute atomic E-state index is 0.179. The Morgan fingerprint density at radius 1 is 1.05 bits per heavy atom. The van der Waals surface area contributed by atoms with Crippen LogP contribution in [0.2, 0.25) is 5.02 Å². The van der Waals surface area contributed by atoms with Crippen molar-refractivity contribution < 1.29 is 19.0 Å². The topological polar surface area (TPSA) is 79.1 Å². The van der Waals surface area contributed by atoms with Gasteiger partial charge in [0.1, 0.15) is 11.5 Å². The summed E-state index contributed by atoms with van der Waals surface area (Å²) < 4.78 is 18.5. The van der Waals surface area contributed by atoms with Crippen LogP contribution in [0.4, 0.5) is 0 Å². The van der Waals surface area contributed by atoms with Crippen LogP contribution in [-0.2, 0) is 9.53 Å². The average molecular weight is 575 g/mol. The molecule has 5 rings (SSSR count). The predicted octanol–water partition coefficient (Wildman–Crippen LogP) is 5.00. The third-order valence-electron chi connectivity index (χ3n) is 6.34. The Kier molecular flexibility index (Phi) is 8.19. The molecule has 0 saturated carbocycles. The van der Waals surface area contributed by atoms with E-state index in [1.807, 2.05) is 67.6 Å². The van der Waals surface area contributed by atoms with Gasteiger partial charge in [0.25, 0.3) is 5.56 Å². The summed E-state index contributed by atoms with van der Waals surface area (Å²) in [5, 5.41) is 0.452. The molecule has 0 unspecified atom stereocenters. The number of fused-ring (bicyclic) bond motifs is 1. The summed E-state index contributed by atoms with van der Waals surface area (Å²) >= 11 is 7.65. The highest BCUT2D eigenvalue weighted by atomic mass is 35.5. The van der Waals surface area contributed by atoms with E-state index in [4.69, 9.17) is 30.8 Å². The van der Waals surface area contributed by atoms with Gasteiger partial charge in [-0.3, -0.25) is 9.36 Å². The summed E-state index contributed by atoms with van der Waals surface area (Å²) in [7, 11) is 1.57. The predicted molar refractivity (Wildman–Crippen MR) is 157 cm³/mol. The highest BCUT2D eigenvalue weighted by Gasteiger charge is 2.35. The molecule has 0 aliphatic carbocycles. The highest BCUT2D eigenvalue weighted by Crippen LogP contribution is 2.36. The van der Waals surface area contributed by atoms with E-state index in [9.17, 15) is 9.59 Å². The fraction of sp³-hybridized carbons (Fsp3) is 0.194. The van der Waals surface area contributed by atoms with Crippen molar-refractivity contribution in [2.75, 3.05) is 20.3 Å². The van der Waals surface area contributed by atoms with E-state index in [0.717, 1.165) is 11.1 Å². The van der Waals surface area contributed by atoms with Crippen LogP contribution in [0.25, 0.3) is 11.8 Å². The second kappa shape index (κ2) is 11.9. The molecule has 0 saturated heterocycles. The summed E-state index contributed by atoms with van der Waals surface area (Å²) in [6, 6.07) is 21.3. The quantitative estimate of drug-likeness (QED) is 0.277. The third-order valence-corrected chi connectivity index (χ3v) is 7.62. The number of esters is 1. The SMILES string of the molecule is CCOC(=O)C1=C(c2ccccc2)N=c2s/c(=C\c3ccc(OCC)c(Cl)c3)c(=O)n2[C@H]1c1cccc(OC)c1. The number of methoxy groups -OCH3 is 1. The van der Waals surface area contributed by atoms with E-state index in [1.165, 1.54) is 11.3 Å². The first-order valence-electron chi connectivity index (χ1n) is 12.8. The van der Waals surface area contributed by atoms with E-state index < -0.39 is 12.0 Å². The zero-order valence-corrected chi connectivity index (χ0v) is 23.8. The van der Waals surface area contributed by atoms with Gasteiger partial charge in [-0.1, -0.05) is 71.5 Å². The molecule has 7 nitrogen and oxygen atoms in total. The fourth-order valence-corrected chi connectivity index (χ4v) is 5.84. The van der Waals surface area contributed by atoms with Crippen molar-refractivity contribution in [2.45, 2.75) is 19.9 Å². The summed E-state index contributed by atoms with van der Waals surface area (Å²) in [6.45, 7) is 4.31. The monoisotopic (exact) mass is 574 g/mol. The number of ether oxygens (including phenoxy) is 3. The van der Waals surface area contributed by atoms with Crippen molar-refractivity contribution in [3.05, 3.63) is 120 Å². The number of halogens is 1. The maximum Gasteiger partial charge on any atom is 0.338 e. The number of aromatic nitrogens is 1. The van der Waals surface area contributed by atoms with Crippen molar-refractivity contribution in [3.8, 4) is 11.5 Å². The van der Waals surface area contributed by atoms with Crippen molar-refractivity contribution in [1.29, 1.82) is 0 Å². The molecule has 204 valence electrons. The van der Waals surface area contributed by atoms with Crippen molar-refractivity contribution in [2.24, 2.45) is 4.99 Å². The van der Waals surface area contributed by atoms with E-state index in [0.29, 0.717) is 43.7 Å². The summed E-state index contributed by atoms with van der Waals surface area (Å²) in [5.41, 5.74) is 2.64. The molecule has 0 fully saturated rings. The van der Waals surface area contributed by atoms with Crippen molar-refractivity contribution >= 4 is 40.7 Å². The molecule has 1 aromatic heterocycles. The first kappa shape index (κ1) is 27.4. The van der Waals surface area contributed by atoms with Gasteiger partial charge in [0.15, 0.2) is 4.80 Å². The third kappa shape index (κ3) is 5.33. The second-order valence-corrected chi connectivity index (χ2v) is 10.2. The van der Waals surface area contributed by atoms with Gasteiger partial charge in [0, 0.05) is 5.56 Å². The lowest BCUT2D eigenvalue weighted by molar-refractivity contribution is -0.138. The number of hydrogen-bond acceptors (Lipinski definition) is 7. The molecule has 0 amide bonds. The van der Waals surface area contributed by atoms with Crippen LogP contribution in [0, 0.1) is 0 Å². The molecule has 3 aromatic carbocycles. The molecule has 1 atom stereocenters. The molecule has 0 bridgehead atoms. The molecule has 40 heavy (non-hydrogen) atoms. The Balaban J connectivity index is 1.79. The first-order valence-corrected chi connectivity index (χ1v) is 14.0. The summed E-state index contributed by atoms with van der Waals surface area (Å²) in [4.78, 5) is 32.9. The Hall–Kier alpha value is -4.14. The zero-order valence-electron chi connectivity index (χ0n) is 22.2. The standard InChI is InChI=1S/C31H27ClN2O5S/c1-4-38-24-15-14-19(16-23(24)32)17-25-29(35)34-28(21-12-9-13-22(18-21)37-3)26(30(36)39-5-2)27(33-31(34)40-25)20-10-7-6-8-11-20/h6-18,28H,4-5H2,1-3H3/b25-17-/t28-/m0/s1. The molecular formula is C31H27ClN2O5S.